The summed E-state index contributed by atoms with van der Waals surface area (Å²) >= 11 is 0. The van der Waals surface area contributed by atoms with Gasteiger partial charge in [0, 0.05) is 18.2 Å². The van der Waals surface area contributed by atoms with Crippen molar-refractivity contribution in [3.8, 4) is 11.3 Å². The van der Waals surface area contributed by atoms with Crippen LogP contribution in [0.1, 0.15) is 23.8 Å². The van der Waals surface area contributed by atoms with Gasteiger partial charge in [0.25, 0.3) is 10.0 Å². The molecule has 152 valence electrons. The molecule has 9 heteroatoms. The Morgan fingerprint density at radius 3 is 2.59 bits per heavy atom. The third kappa shape index (κ3) is 3.39. The largest absolute Gasteiger partial charge is 0.452 e. The predicted molar refractivity (Wildman–Crippen MR) is 101 cm³/mol. The van der Waals surface area contributed by atoms with Crippen molar-refractivity contribution in [2.45, 2.75) is 30.8 Å². The first-order valence-electron chi connectivity index (χ1n) is 8.99. The maximum absolute atomic E-state index is 13.4. The van der Waals surface area contributed by atoms with Crippen molar-refractivity contribution in [3.63, 3.8) is 0 Å². The number of anilines is 1. The zero-order valence-corrected chi connectivity index (χ0v) is 16.2. The second-order valence-corrected chi connectivity index (χ2v) is 8.54. The molecule has 3 aromatic rings. The first kappa shape index (κ1) is 19.5. The summed E-state index contributed by atoms with van der Waals surface area (Å²) in [6.45, 7) is 2.14. The van der Waals surface area contributed by atoms with E-state index in [9.17, 15) is 21.6 Å². The van der Waals surface area contributed by atoms with Crippen LogP contribution in [-0.4, -0.2) is 20.1 Å². The second kappa shape index (κ2) is 6.91. The minimum atomic E-state index is -4.66. The van der Waals surface area contributed by atoms with E-state index in [1.54, 1.807) is 24.3 Å². The van der Waals surface area contributed by atoms with Gasteiger partial charge in [-0.2, -0.15) is 13.2 Å². The molecule has 0 amide bonds. The highest BCUT2D eigenvalue weighted by Gasteiger charge is 2.37. The van der Waals surface area contributed by atoms with Gasteiger partial charge in [0.1, 0.15) is 5.69 Å². The predicted octanol–water partition coefficient (Wildman–Crippen LogP) is 4.67. The maximum atomic E-state index is 13.4. The zero-order chi connectivity index (χ0) is 20.8. The molecule has 29 heavy (non-hydrogen) atoms. The molecule has 0 bridgehead atoms. The van der Waals surface area contributed by atoms with Crippen molar-refractivity contribution in [2.24, 2.45) is 0 Å². The Kier molecular flexibility index (Phi) is 4.65. The SMILES string of the molecule is CCc1ccc(-c2cc(C(F)(F)F)on2)cc1S(=O)(=O)N1CCc2ccccc21. The van der Waals surface area contributed by atoms with Crippen LogP contribution in [0, 0.1) is 0 Å². The third-order valence-electron chi connectivity index (χ3n) is 4.95. The molecule has 1 aliphatic rings. The van der Waals surface area contributed by atoms with E-state index in [-0.39, 0.29) is 16.2 Å². The van der Waals surface area contributed by atoms with Gasteiger partial charge in [-0.15, -0.1) is 0 Å². The van der Waals surface area contributed by atoms with Gasteiger partial charge in [-0.1, -0.05) is 42.4 Å². The summed E-state index contributed by atoms with van der Waals surface area (Å²) in [4.78, 5) is 0.0609. The van der Waals surface area contributed by atoms with Gasteiger partial charge in [0.05, 0.1) is 10.6 Å². The number of sulfonamides is 1. The van der Waals surface area contributed by atoms with E-state index in [1.165, 1.54) is 10.4 Å². The van der Waals surface area contributed by atoms with Crippen LogP contribution in [0.25, 0.3) is 11.3 Å². The number of benzene rings is 2. The highest BCUT2D eigenvalue weighted by molar-refractivity contribution is 7.93. The summed E-state index contributed by atoms with van der Waals surface area (Å²) in [7, 11) is -3.89. The van der Waals surface area contributed by atoms with Gasteiger partial charge in [-0.25, -0.2) is 8.42 Å². The van der Waals surface area contributed by atoms with Gasteiger partial charge in [-0.3, -0.25) is 4.31 Å². The van der Waals surface area contributed by atoms with Gasteiger partial charge < -0.3 is 4.52 Å². The fourth-order valence-electron chi connectivity index (χ4n) is 3.47. The number of hydrogen-bond acceptors (Lipinski definition) is 4. The van der Waals surface area contributed by atoms with Gasteiger partial charge in [-0.05, 0) is 36.1 Å². The van der Waals surface area contributed by atoms with Gasteiger partial charge in [0.2, 0.25) is 5.76 Å². The van der Waals surface area contributed by atoms with Gasteiger partial charge in [0.15, 0.2) is 0 Å². The highest BCUT2D eigenvalue weighted by atomic mass is 32.2. The monoisotopic (exact) mass is 422 g/mol. The summed E-state index contributed by atoms with van der Waals surface area (Å²) in [6, 6.07) is 12.6. The average molecular weight is 422 g/mol. The van der Waals surface area contributed by atoms with E-state index in [4.69, 9.17) is 0 Å². The van der Waals surface area contributed by atoms with Crippen LogP contribution in [0.2, 0.25) is 0 Å². The van der Waals surface area contributed by atoms with Crippen molar-refractivity contribution in [1.29, 1.82) is 0 Å². The minimum Gasteiger partial charge on any atom is -0.351 e. The minimum absolute atomic E-state index is 0.0609. The lowest BCUT2D eigenvalue weighted by molar-refractivity contribution is -0.155. The molecule has 0 N–H and O–H groups in total. The molecule has 0 unspecified atom stereocenters. The summed E-state index contributed by atoms with van der Waals surface area (Å²) in [6.07, 6.45) is -3.60. The average Bonchev–Trinajstić information content (AvgIpc) is 3.35. The van der Waals surface area contributed by atoms with Crippen molar-refractivity contribution in [2.75, 3.05) is 10.8 Å². The quantitative estimate of drug-likeness (QED) is 0.613. The zero-order valence-electron chi connectivity index (χ0n) is 15.4. The molecular weight excluding hydrogens is 405 g/mol. The fourth-order valence-corrected chi connectivity index (χ4v) is 5.29. The topological polar surface area (TPSA) is 63.4 Å². The molecule has 0 fully saturated rings. The molecule has 0 atom stereocenters. The van der Waals surface area contributed by atoms with E-state index in [2.05, 4.69) is 9.68 Å². The first-order chi connectivity index (χ1) is 13.7. The number of fused-ring (bicyclic) bond motifs is 1. The second-order valence-electron chi connectivity index (χ2n) is 6.71. The Hall–Kier alpha value is -2.81. The maximum Gasteiger partial charge on any atom is 0.452 e. The fraction of sp³-hybridized carbons (Fsp3) is 0.250. The van der Waals surface area contributed by atoms with E-state index in [0.717, 1.165) is 11.6 Å². The summed E-state index contributed by atoms with van der Waals surface area (Å²) in [5.41, 5.74) is 2.32. The van der Waals surface area contributed by atoms with Crippen LogP contribution in [-0.2, 0) is 29.0 Å². The van der Waals surface area contributed by atoms with E-state index >= 15 is 0 Å². The summed E-state index contributed by atoms with van der Waals surface area (Å²) < 4.78 is 71.0. The molecule has 0 saturated heterocycles. The van der Waals surface area contributed by atoms with Crippen LogP contribution in [0.3, 0.4) is 0 Å². The number of hydrogen-bond donors (Lipinski definition) is 0. The third-order valence-corrected chi connectivity index (χ3v) is 6.84. The Morgan fingerprint density at radius 1 is 1.14 bits per heavy atom. The number of alkyl halides is 3. The first-order valence-corrected chi connectivity index (χ1v) is 10.4. The number of para-hydroxylation sites is 1. The molecular formula is C20H17F3N2O3S. The molecule has 2 heterocycles. The van der Waals surface area contributed by atoms with Crippen molar-refractivity contribution in [3.05, 3.63) is 65.4 Å². The summed E-state index contributed by atoms with van der Waals surface area (Å²) in [5.74, 6) is -1.23. The van der Waals surface area contributed by atoms with Crippen LogP contribution in [0.5, 0.6) is 0 Å². The Balaban J connectivity index is 1.79. The lowest BCUT2D eigenvalue weighted by Gasteiger charge is -2.21. The van der Waals surface area contributed by atoms with Crippen LogP contribution >= 0.6 is 0 Å². The lowest BCUT2D eigenvalue weighted by Crippen LogP contribution is -2.30. The van der Waals surface area contributed by atoms with Crippen LogP contribution < -0.4 is 4.31 Å². The number of nitrogens with zero attached hydrogens (tertiary/aromatic N) is 2. The molecule has 5 nitrogen and oxygen atoms in total. The number of aryl methyl sites for hydroxylation is 1. The molecule has 4 rings (SSSR count). The molecule has 0 spiro atoms. The normalized spacial score (nSPS) is 14.3. The van der Waals surface area contributed by atoms with E-state index in [1.807, 2.05) is 19.1 Å². The Labute approximate surface area is 165 Å². The molecule has 2 aromatic carbocycles. The molecule has 1 aliphatic heterocycles. The van der Waals surface area contributed by atoms with Crippen molar-refractivity contribution >= 4 is 15.7 Å². The van der Waals surface area contributed by atoms with Crippen LogP contribution in [0.15, 0.2) is 57.9 Å². The standard InChI is InChI=1S/C20H17F3N2O3S/c1-2-13-7-8-15(16-12-19(28-24-16)20(21,22)23)11-18(13)29(26,27)25-10-9-14-5-3-4-6-17(14)25/h3-8,11-12H,2,9-10H2,1H3. The number of rotatable bonds is 4. The van der Waals surface area contributed by atoms with Crippen LogP contribution in [0.4, 0.5) is 18.9 Å². The highest BCUT2D eigenvalue weighted by Crippen LogP contribution is 2.36. The summed E-state index contributed by atoms with van der Waals surface area (Å²) in [5, 5.41) is 3.46. The van der Waals surface area contributed by atoms with Gasteiger partial charge >= 0.3 is 6.18 Å². The Morgan fingerprint density at radius 2 is 1.90 bits per heavy atom. The van der Waals surface area contributed by atoms with E-state index < -0.39 is 22.0 Å². The molecule has 0 radical (unpaired) electrons. The smallest absolute Gasteiger partial charge is 0.351 e. The number of aromatic nitrogens is 1. The molecule has 0 aliphatic carbocycles. The molecule has 0 saturated carbocycles. The number of halogens is 3. The van der Waals surface area contributed by atoms with Crippen molar-refractivity contribution in [1.82, 2.24) is 5.16 Å². The van der Waals surface area contributed by atoms with E-state index in [0.29, 0.717) is 30.6 Å². The van der Waals surface area contributed by atoms with Crippen molar-refractivity contribution < 1.29 is 26.1 Å². The lowest BCUT2D eigenvalue weighted by atomic mass is 10.1. The Bertz CT molecular complexity index is 1170. The molecule has 1 aromatic heterocycles.